The van der Waals surface area contributed by atoms with Gasteiger partial charge in [-0.05, 0) is 56.9 Å². The second-order valence-electron chi connectivity index (χ2n) is 6.56. The lowest BCUT2D eigenvalue weighted by Gasteiger charge is -2.22. The number of carbonyl (C=O) groups is 1. The molecule has 5 nitrogen and oxygen atoms in total. The molecule has 28 heavy (non-hydrogen) atoms. The molecule has 0 spiro atoms. The predicted molar refractivity (Wildman–Crippen MR) is 120 cm³/mol. The SMILES string of the molecule is COc1cccc(C(=O)N(CCN(C)C)c2nc3c(C)cc(Cl)cc3s2)c1.Cl. The van der Waals surface area contributed by atoms with Crippen molar-refractivity contribution in [1.82, 2.24) is 9.88 Å². The van der Waals surface area contributed by atoms with Crippen LogP contribution in [0, 0.1) is 6.92 Å². The van der Waals surface area contributed by atoms with E-state index in [2.05, 4.69) is 0 Å². The molecule has 0 fully saturated rings. The van der Waals surface area contributed by atoms with Crippen molar-refractivity contribution in [2.45, 2.75) is 6.92 Å². The molecule has 0 radical (unpaired) electrons. The van der Waals surface area contributed by atoms with E-state index in [-0.39, 0.29) is 18.3 Å². The third-order valence-electron chi connectivity index (χ3n) is 4.20. The number of aromatic nitrogens is 1. The molecule has 1 aromatic heterocycles. The molecule has 3 rings (SSSR count). The summed E-state index contributed by atoms with van der Waals surface area (Å²) in [7, 11) is 5.56. The zero-order valence-corrected chi connectivity index (χ0v) is 18.6. The van der Waals surface area contributed by atoms with E-state index < -0.39 is 0 Å². The molecular weight excluding hydrogens is 417 g/mol. The molecule has 0 atom stereocenters. The van der Waals surface area contributed by atoms with Crippen molar-refractivity contribution in [3.05, 3.63) is 52.5 Å². The molecule has 2 aromatic carbocycles. The van der Waals surface area contributed by atoms with Crippen LogP contribution in [-0.4, -0.2) is 50.1 Å². The van der Waals surface area contributed by atoms with Crippen LogP contribution in [0.15, 0.2) is 36.4 Å². The average Bonchev–Trinajstić information content (AvgIpc) is 3.05. The number of methoxy groups -OCH3 is 1. The van der Waals surface area contributed by atoms with E-state index in [1.165, 1.54) is 11.3 Å². The van der Waals surface area contributed by atoms with Gasteiger partial charge in [-0.1, -0.05) is 29.0 Å². The molecular formula is C20H23Cl2N3O2S. The van der Waals surface area contributed by atoms with E-state index in [0.717, 1.165) is 22.3 Å². The second-order valence-corrected chi connectivity index (χ2v) is 8.00. The Bertz CT molecular complexity index is 975. The minimum absolute atomic E-state index is 0. The Morgan fingerprint density at radius 1 is 1.21 bits per heavy atom. The van der Waals surface area contributed by atoms with Gasteiger partial charge in [0.05, 0.1) is 17.3 Å². The number of nitrogens with zero attached hydrogens (tertiary/aromatic N) is 3. The van der Waals surface area contributed by atoms with Gasteiger partial charge in [-0.15, -0.1) is 12.4 Å². The molecule has 0 saturated carbocycles. The van der Waals surface area contributed by atoms with Crippen molar-refractivity contribution in [2.75, 3.05) is 39.2 Å². The van der Waals surface area contributed by atoms with Crippen molar-refractivity contribution >= 4 is 56.6 Å². The molecule has 0 unspecified atom stereocenters. The number of carbonyl (C=O) groups excluding carboxylic acids is 1. The summed E-state index contributed by atoms with van der Waals surface area (Å²) in [5.41, 5.74) is 2.45. The number of halogens is 2. The quantitative estimate of drug-likeness (QED) is 0.547. The fourth-order valence-corrected chi connectivity index (χ4v) is 4.20. The van der Waals surface area contributed by atoms with Gasteiger partial charge >= 0.3 is 0 Å². The number of ether oxygens (including phenoxy) is 1. The monoisotopic (exact) mass is 439 g/mol. The number of aryl methyl sites for hydroxylation is 1. The summed E-state index contributed by atoms with van der Waals surface area (Å²) in [4.78, 5) is 21.8. The maximum Gasteiger partial charge on any atom is 0.260 e. The lowest BCUT2D eigenvalue weighted by molar-refractivity contribution is 0.0985. The number of hydrogen-bond donors (Lipinski definition) is 0. The first-order chi connectivity index (χ1) is 12.9. The number of anilines is 1. The fraction of sp³-hybridized carbons (Fsp3) is 0.300. The van der Waals surface area contributed by atoms with Gasteiger partial charge in [0.1, 0.15) is 5.75 Å². The Kier molecular flexibility index (Phi) is 7.66. The molecule has 0 aliphatic heterocycles. The molecule has 1 heterocycles. The molecule has 3 aromatic rings. The zero-order valence-electron chi connectivity index (χ0n) is 16.2. The number of amides is 1. The summed E-state index contributed by atoms with van der Waals surface area (Å²) < 4.78 is 6.23. The van der Waals surface area contributed by atoms with Crippen LogP contribution in [0.25, 0.3) is 10.2 Å². The number of fused-ring (bicyclic) bond motifs is 1. The molecule has 1 amide bonds. The van der Waals surface area contributed by atoms with Gasteiger partial charge in [-0.3, -0.25) is 9.69 Å². The first kappa shape index (κ1) is 22.4. The van der Waals surface area contributed by atoms with Crippen molar-refractivity contribution < 1.29 is 9.53 Å². The molecule has 0 saturated heterocycles. The maximum absolute atomic E-state index is 13.2. The van der Waals surface area contributed by atoms with Crippen LogP contribution in [0.3, 0.4) is 0 Å². The Balaban J connectivity index is 0.00000280. The summed E-state index contributed by atoms with van der Waals surface area (Å²) >= 11 is 7.66. The van der Waals surface area contributed by atoms with Crippen LogP contribution >= 0.6 is 35.3 Å². The number of benzene rings is 2. The topological polar surface area (TPSA) is 45.7 Å². The highest BCUT2D eigenvalue weighted by molar-refractivity contribution is 7.22. The van der Waals surface area contributed by atoms with Crippen LogP contribution in [0.5, 0.6) is 5.75 Å². The summed E-state index contributed by atoms with van der Waals surface area (Å²) in [6.45, 7) is 3.24. The summed E-state index contributed by atoms with van der Waals surface area (Å²) in [6.07, 6.45) is 0. The van der Waals surface area contributed by atoms with Gasteiger partial charge in [0, 0.05) is 23.7 Å². The number of likely N-dealkylation sites (N-methyl/N-ethyl adjacent to an activating group) is 1. The van der Waals surface area contributed by atoms with Crippen LogP contribution in [0.4, 0.5) is 5.13 Å². The zero-order chi connectivity index (χ0) is 19.6. The highest BCUT2D eigenvalue weighted by Gasteiger charge is 2.22. The minimum Gasteiger partial charge on any atom is -0.497 e. The van der Waals surface area contributed by atoms with E-state index in [1.54, 1.807) is 24.1 Å². The Morgan fingerprint density at radius 3 is 2.64 bits per heavy atom. The smallest absolute Gasteiger partial charge is 0.260 e. The minimum atomic E-state index is -0.0986. The van der Waals surface area contributed by atoms with E-state index in [0.29, 0.717) is 28.0 Å². The molecule has 0 aliphatic carbocycles. The van der Waals surface area contributed by atoms with E-state index in [1.807, 2.05) is 50.2 Å². The lowest BCUT2D eigenvalue weighted by Crippen LogP contribution is -2.36. The third kappa shape index (κ3) is 4.94. The average molecular weight is 440 g/mol. The summed E-state index contributed by atoms with van der Waals surface area (Å²) in [5.74, 6) is 0.555. The van der Waals surface area contributed by atoms with Gasteiger partial charge in [-0.25, -0.2) is 4.98 Å². The van der Waals surface area contributed by atoms with E-state index in [4.69, 9.17) is 21.3 Å². The van der Waals surface area contributed by atoms with Crippen LogP contribution in [0.2, 0.25) is 5.02 Å². The lowest BCUT2D eigenvalue weighted by atomic mass is 10.2. The summed E-state index contributed by atoms with van der Waals surface area (Å²) in [6, 6.07) is 11.0. The van der Waals surface area contributed by atoms with Crippen molar-refractivity contribution in [1.29, 1.82) is 0 Å². The standard InChI is InChI=1S/C20H22ClN3O2S.ClH/c1-13-10-15(21)12-17-18(13)22-20(27-17)24(9-8-23(2)3)19(25)14-6-5-7-16(11-14)26-4;/h5-7,10-12H,8-9H2,1-4H3;1H. The highest BCUT2D eigenvalue weighted by atomic mass is 35.5. The normalized spacial score (nSPS) is 10.8. The van der Waals surface area contributed by atoms with Gasteiger partial charge in [0.2, 0.25) is 0 Å². The first-order valence-electron chi connectivity index (χ1n) is 8.56. The van der Waals surface area contributed by atoms with Crippen molar-refractivity contribution in [3.63, 3.8) is 0 Å². The van der Waals surface area contributed by atoms with Crippen molar-refractivity contribution in [2.24, 2.45) is 0 Å². The van der Waals surface area contributed by atoms with Gasteiger partial charge in [-0.2, -0.15) is 0 Å². The Labute approximate surface area is 180 Å². The number of thiazole rings is 1. The van der Waals surface area contributed by atoms with Crippen molar-refractivity contribution in [3.8, 4) is 5.75 Å². The van der Waals surface area contributed by atoms with Crippen LogP contribution in [0.1, 0.15) is 15.9 Å². The highest BCUT2D eigenvalue weighted by Crippen LogP contribution is 2.33. The summed E-state index contributed by atoms with van der Waals surface area (Å²) in [5, 5.41) is 1.35. The van der Waals surface area contributed by atoms with Gasteiger partial charge in [0.25, 0.3) is 5.91 Å². The van der Waals surface area contributed by atoms with Gasteiger partial charge < -0.3 is 9.64 Å². The van der Waals surface area contributed by atoms with Crippen LogP contribution in [-0.2, 0) is 0 Å². The Morgan fingerprint density at radius 2 is 1.96 bits per heavy atom. The largest absolute Gasteiger partial charge is 0.497 e. The van der Waals surface area contributed by atoms with Crippen LogP contribution < -0.4 is 9.64 Å². The molecule has 8 heteroatoms. The first-order valence-corrected chi connectivity index (χ1v) is 9.76. The third-order valence-corrected chi connectivity index (χ3v) is 5.45. The fourth-order valence-electron chi connectivity index (χ4n) is 2.75. The molecule has 0 bridgehead atoms. The molecule has 0 aliphatic rings. The molecule has 150 valence electrons. The maximum atomic E-state index is 13.2. The van der Waals surface area contributed by atoms with E-state index >= 15 is 0 Å². The van der Waals surface area contributed by atoms with Gasteiger partial charge in [0.15, 0.2) is 5.13 Å². The van der Waals surface area contributed by atoms with E-state index in [9.17, 15) is 4.79 Å². The predicted octanol–water partition coefficient (Wildman–Crippen LogP) is 4.90. The molecule has 0 N–H and O–H groups in total. The second kappa shape index (κ2) is 9.56. The Hall–Kier alpha value is -1.86. The number of hydrogen-bond acceptors (Lipinski definition) is 5. The number of rotatable bonds is 6.